The van der Waals surface area contributed by atoms with Gasteiger partial charge in [-0.2, -0.15) is 0 Å². The Morgan fingerprint density at radius 3 is 2.42 bits per heavy atom. The summed E-state index contributed by atoms with van der Waals surface area (Å²) in [6.45, 7) is 17.3. The second kappa shape index (κ2) is 9.58. The Morgan fingerprint density at radius 2 is 1.88 bits per heavy atom. The van der Waals surface area contributed by atoms with Gasteiger partial charge in [0, 0.05) is 38.2 Å². The summed E-state index contributed by atoms with van der Waals surface area (Å²) in [6.07, 6.45) is 2.45. The van der Waals surface area contributed by atoms with E-state index in [-0.39, 0.29) is 29.5 Å². The Kier molecular flexibility index (Phi) is 8.38. The number of aliphatic imine (C=N–C) groups is 1. The molecular formula is C20H40N4O2. The normalized spacial score (nSPS) is 22.1. The van der Waals surface area contributed by atoms with Crippen molar-refractivity contribution >= 4 is 11.9 Å². The summed E-state index contributed by atoms with van der Waals surface area (Å²) in [4.78, 5) is 18.9. The molecule has 1 heterocycles. The number of rotatable bonds is 5. The molecule has 2 unspecified atom stereocenters. The summed E-state index contributed by atoms with van der Waals surface area (Å²) >= 11 is 0. The van der Waals surface area contributed by atoms with Crippen LogP contribution in [-0.2, 0) is 9.53 Å². The van der Waals surface area contributed by atoms with Crippen LogP contribution in [0.15, 0.2) is 4.99 Å². The topological polar surface area (TPSA) is 66.0 Å². The molecule has 1 amide bonds. The minimum Gasteiger partial charge on any atom is -0.377 e. The van der Waals surface area contributed by atoms with Crippen LogP contribution in [0.5, 0.6) is 0 Å². The highest BCUT2D eigenvalue weighted by molar-refractivity contribution is 5.86. The van der Waals surface area contributed by atoms with Crippen LogP contribution in [0.3, 0.4) is 0 Å². The second-order valence-corrected chi connectivity index (χ2v) is 9.41. The fraction of sp³-hybridized carbons (Fsp3) is 0.900. The molecule has 26 heavy (non-hydrogen) atoms. The fourth-order valence-corrected chi connectivity index (χ4v) is 3.41. The third-order valence-corrected chi connectivity index (χ3v) is 4.37. The molecule has 1 fully saturated rings. The van der Waals surface area contributed by atoms with Gasteiger partial charge < -0.3 is 20.3 Å². The summed E-state index contributed by atoms with van der Waals surface area (Å²) in [5.74, 6) is 1.18. The smallest absolute Gasteiger partial charge is 0.240 e. The minimum atomic E-state index is -0.229. The van der Waals surface area contributed by atoms with Gasteiger partial charge in [0.15, 0.2) is 5.96 Å². The van der Waals surface area contributed by atoms with E-state index >= 15 is 0 Å². The van der Waals surface area contributed by atoms with Crippen molar-refractivity contribution in [3.8, 4) is 0 Å². The monoisotopic (exact) mass is 368 g/mol. The van der Waals surface area contributed by atoms with E-state index in [4.69, 9.17) is 9.73 Å². The number of ether oxygens (including phenoxy) is 1. The van der Waals surface area contributed by atoms with Crippen molar-refractivity contribution in [3.05, 3.63) is 0 Å². The van der Waals surface area contributed by atoms with Gasteiger partial charge >= 0.3 is 0 Å². The predicted octanol–water partition coefficient (Wildman–Crippen LogP) is 2.64. The average molecular weight is 369 g/mol. The second-order valence-electron chi connectivity index (χ2n) is 9.41. The maximum atomic E-state index is 12.2. The summed E-state index contributed by atoms with van der Waals surface area (Å²) in [5, 5.41) is 6.29. The molecule has 1 saturated heterocycles. The van der Waals surface area contributed by atoms with Crippen LogP contribution in [0, 0.1) is 11.3 Å². The SMILES string of the molecule is CCNC(=NCC1CCCOC1C(C)(C)C)N(C)CC(=O)NC(C)(C)C. The van der Waals surface area contributed by atoms with Gasteiger partial charge in [-0.15, -0.1) is 0 Å². The molecule has 2 N–H and O–H groups in total. The van der Waals surface area contributed by atoms with Crippen molar-refractivity contribution in [2.75, 3.05) is 33.3 Å². The van der Waals surface area contributed by atoms with Crippen LogP contribution in [-0.4, -0.2) is 61.7 Å². The van der Waals surface area contributed by atoms with E-state index in [1.165, 1.54) is 0 Å². The van der Waals surface area contributed by atoms with Crippen molar-refractivity contribution in [3.63, 3.8) is 0 Å². The molecule has 1 aliphatic rings. The lowest BCUT2D eigenvalue weighted by Crippen LogP contribution is -2.49. The zero-order valence-corrected chi connectivity index (χ0v) is 18.1. The third kappa shape index (κ3) is 7.94. The van der Waals surface area contributed by atoms with Gasteiger partial charge in [0.25, 0.3) is 0 Å². The highest BCUT2D eigenvalue weighted by atomic mass is 16.5. The van der Waals surface area contributed by atoms with E-state index in [0.29, 0.717) is 5.92 Å². The van der Waals surface area contributed by atoms with Crippen molar-refractivity contribution in [2.45, 2.75) is 73.0 Å². The Hall–Kier alpha value is -1.30. The first-order valence-electron chi connectivity index (χ1n) is 9.86. The molecule has 0 aromatic rings. The van der Waals surface area contributed by atoms with E-state index in [1.54, 1.807) is 0 Å². The quantitative estimate of drug-likeness (QED) is 0.578. The van der Waals surface area contributed by atoms with E-state index in [0.717, 1.165) is 38.5 Å². The number of nitrogens with zero attached hydrogens (tertiary/aromatic N) is 2. The Balaban J connectivity index is 2.76. The highest BCUT2D eigenvalue weighted by Gasteiger charge is 2.35. The van der Waals surface area contributed by atoms with Crippen LogP contribution in [0.25, 0.3) is 0 Å². The summed E-state index contributed by atoms with van der Waals surface area (Å²) in [6, 6.07) is 0. The highest BCUT2D eigenvalue weighted by Crippen LogP contribution is 2.34. The maximum Gasteiger partial charge on any atom is 0.240 e. The third-order valence-electron chi connectivity index (χ3n) is 4.37. The number of hydrogen-bond donors (Lipinski definition) is 2. The van der Waals surface area contributed by atoms with E-state index < -0.39 is 0 Å². The van der Waals surface area contributed by atoms with Gasteiger partial charge in [0.05, 0.1) is 12.6 Å². The summed E-state index contributed by atoms with van der Waals surface area (Å²) < 4.78 is 6.06. The molecule has 0 aliphatic carbocycles. The molecule has 0 aromatic carbocycles. The molecule has 0 bridgehead atoms. The van der Waals surface area contributed by atoms with Crippen molar-refractivity contribution in [2.24, 2.45) is 16.3 Å². The number of amides is 1. The summed E-state index contributed by atoms with van der Waals surface area (Å²) in [5.41, 5.74) is -0.121. The lowest BCUT2D eigenvalue weighted by molar-refractivity contribution is -0.122. The molecule has 2 atom stereocenters. The van der Waals surface area contributed by atoms with Crippen LogP contribution < -0.4 is 10.6 Å². The van der Waals surface area contributed by atoms with Crippen LogP contribution in [0.1, 0.15) is 61.3 Å². The molecule has 6 nitrogen and oxygen atoms in total. The molecule has 1 aliphatic heterocycles. The predicted molar refractivity (Wildman–Crippen MR) is 108 cm³/mol. The van der Waals surface area contributed by atoms with Gasteiger partial charge in [-0.05, 0) is 46.0 Å². The van der Waals surface area contributed by atoms with Gasteiger partial charge in [0.2, 0.25) is 5.91 Å². The number of hydrogen-bond acceptors (Lipinski definition) is 3. The molecule has 1 rings (SSSR count). The lowest BCUT2D eigenvalue weighted by Gasteiger charge is -2.39. The van der Waals surface area contributed by atoms with Gasteiger partial charge in [0.1, 0.15) is 0 Å². The lowest BCUT2D eigenvalue weighted by atomic mass is 9.78. The largest absolute Gasteiger partial charge is 0.377 e. The Bertz CT molecular complexity index is 477. The first-order chi connectivity index (χ1) is 11.9. The first-order valence-corrected chi connectivity index (χ1v) is 9.86. The average Bonchev–Trinajstić information content (AvgIpc) is 2.48. The van der Waals surface area contributed by atoms with E-state index in [2.05, 4.69) is 31.4 Å². The van der Waals surface area contributed by atoms with E-state index in [1.807, 2.05) is 39.6 Å². The van der Waals surface area contributed by atoms with Crippen LogP contribution >= 0.6 is 0 Å². The van der Waals surface area contributed by atoms with Gasteiger partial charge in [-0.1, -0.05) is 20.8 Å². The van der Waals surface area contributed by atoms with E-state index in [9.17, 15) is 4.79 Å². The molecule has 152 valence electrons. The van der Waals surface area contributed by atoms with Gasteiger partial charge in [-0.3, -0.25) is 9.79 Å². The van der Waals surface area contributed by atoms with Crippen molar-refractivity contribution in [1.29, 1.82) is 0 Å². The Morgan fingerprint density at radius 1 is 1.23 bits per heavy atom. The Labute approximate surface area is 160 Å². The number of likely N-dealkylation sites (N-methyl/N-ethyl adjacent to an activating group) is 1. The van der Waals surface area contributed by atoms with Crippen molar-refractivity contribution < 1.29 is 9.53 Å². The first kappa shape index (κ1) is 22.7. The maximum absolute atomic E-state index is 12.2. The molecule has 0 radical (unpaired) electrons. The number of carbonyl (C=O) groups excluding carboxylic acids is 1. The molecule has 6 heteroatoms. The molecule has 0 aromatic heterocycles. The van der Waals surface area contributed by atoms with Crippen LogP contribution in [0.4, 0.5) is 0 Å². The zero-order valence-electron chi connectivity index (χ0n) is 18.1. The molecule has 0 saturated carbocycles. The van der Waals surface area contributed by atoms with Crippen LogP contribution in [0.2, 0.25) is 0 Å². The fourth-order valence-electron chi connectivity index (χ4n) is 3.41. The number of carbonyl (C=O) groups is 1. The van der Waals surface area contributed by atoms with Gasteiger partial charge in [-0.25, -0.2) is 0 Å². The number of nitrogens with one attached hydrogen (secondary N) is 2. The zero-order chi connectivity index (χ0) is 20.0. The minimum absolute atomic E-state index is 0.000768. The van der Waals surface area contributed by atoms with Crippen molar-refractivity contribution in [1.82, 2.24) is 15.5 Å². The standard InChI is InChI=1S/C20H40N4O2/c1-9-21-18(24(8)14-16(25)23-20(5,6)7)22-13-15-11-10-12-26-17(15)19(2,3)4/h15,17H,9-14H2,1-8H3,(H,21,22)(H,23,25). The molecular weight excluding hydrogens is 328 g/mol. The molecule has 0 spiro atoms. The number of guanidine groups is 1. The summed E-state index contributed by atoms with van der Waals surface area (Å²) in [7, 11) is 1.91.